The molecule has 0 bridgehead atoms. The number of rotatable bonds is 3. The van der Waals surface area contributed by atoms with Gasteiger partial charge in [0, 0.05) is 5.69 Å². The zero-order chi connectivity index (χ0) is 12.5. The number of esters is 1. The summed E-state index contributed by atoms with van der Waals surface area (Å²) >= 11 is 0. The van der Waals surface area contributed by atoms with E-state index in [1.165, 1.54) is 19.2 Å². The SMILES string of the molecule is COC(=O)C1(Nc2cc(C)cc(F)c2)CCC1. The summed E-state index contributed by atoms with van der Waals surface area (Å²) in [6.07, 6.45) is 2.45. The highest BCUT2D eigenvalue weighted by atomic mass is 19.1. The van der Waals surface area contributed by atoms with Crippen molar-refractivity contribution >= 4 is 11.7 Å². The topological polar surface area (TPSA) is 38.3 Å². The van der Waals surface area contributed by atoms with E-state index in [-0.39, 0.29) is 11.8 Å². The molecule has 0 amide bonds. The van der Waals surface area contributed by atoms with E-state index in [2.05, 4.69) is 5.32 Å². The Bertz CT molecular complexity index is 421. The Hall–Kier alpha value is -1.58. The lowest BCUT2D eigenvalue weighted by Crippen LogP contribution is -2.52. The molecule has 1 N–H and O–H groups in total. The van der Waals surface area contributed by atoms with Crippen LogP contribution in [0.1, 0.15) is 24.8 Å². The second-order valence-electron chi connectivity index (χ2n) is 4.57. The van der Waals surface area contributed by atoms with Gasteiger partial charge in [-0.25, -0.2) is 9.18 Å². The number of methoxy groups -OCH3 is 1. The van der Waals surface area contributed by atoms with Gasteiger partial charge in [0.15, 0.2) is 0 Å². The van der Waals surface area contributed by atoms with Crippen molar-refractivity contribution in [2.24, 2.45) is 0 Å². The lowest BCUT2D eigenvalue weighted by molar-refractivity contribution is -0.149. The largest absolute Gasteiger partial charge is 0.467 e. The van der Waals surface area contributed by atoms with E-state index in [1.54, 1.807) is 0 Å². The predicted octanol–water partition coefficient (Wildman–Crippen LogP) is 2.64. The van der Waals surface area contributed by atoms with Gasteiger partial charge in [-0.3, -0.25) is 0 Å². The lowest BCUT2D eigenvalue weighted by atomic mass is 9.76. The molecule has 3 nitrogen and oxygen atoms in total. The van der Waals surface area contributed by atoms with E-state index in [4.69, 9.17) is 4.74 Å². The van der Waals surface area contributed by atoms with Crippen molar-refractivity contribution in [3.63, 3.8) is 0 Å². The van der Waals surface area contributed by atoms with Crippen molar-refractivity contribution in [1.82, 2.24) is 0 Å². The maximum atomic E-state index is 13.3. The first kappa shape index (κ1) is 11.9. The number of halogens is 1. The zero-order valence-corrected chi connectivity index (χ0v) is 10.0. The van der Waals surface area contributed by atoms with Gasteiger partial charge in [0.1, 0.15) is 11.4 Å². The molecule has 0 atom stereocenters. The van der Waals surface area contributed by atoms with E-state index in [0.29, 0.717) is 5.69 Å². The molecule has 1 fully saturated rings. The summed E-state index contributed by atoms with van der Waals surface area (Å²) in [5, 5.41) is 3.11. The van der Waals surface area contributed by atoms with E-state index >= 15 is 0 Å². The van der Waals surface area contributed by atoms with Gasteiger partial charge < -0.3 is 10.1 Å². The molecule has 0 heterocycles. The van der Waals surface area contributed by atoms with Gasteiger partial charge in [0.25, 0.3) is 0 Å². The smallest absolute Gasteiger partial charge is 0.331 e. The maximum absolute atomic E-state index is 13.3. The number of anilines is 1. The number of hydrogen-bond donors (Lipinski definition) is 1. The summed E-state index contributed by atoms with van der Waals surface area (Å²) in [5.74, 6) is -0.572. The molecular formula is C13H16FNO2. The maximum Gasteiger partial charge on any atom is 0.331 e. The molecule has 1 saturated carbocycles. The third-order valence-electron chi connectivity index (χ3n) is 3.21. The number of ether oxygens (including phenoxy) is 1. The van der Waals surface area contributed by atoms with Crippen molar-refractivity contribution in [1.29, 1.82) is 0 Å². The van der Waals surface area contributed by atoms with Crippen LogP contribution in [0.25, 0.3) is 0 Å². The number of carbonyl (C=O) groups is 1. The van der Waals surface area contributed by atoms with Crippen LogP contribution >= 0.6 is 0 Å². The summed E-state index contributed by atoms with van der Waals surface area (Å²) in [6.45, 7) is 1.82. The van der Waals surface area contributed by atoms with Gasteiger partial charge in [-0.05, 0) is 49.9 Å². The highest BCUT2D eigenvalue weighted by Gasteiger charge is 2.45. The van der Waals surface area contributed by atoms with Crippen LogP contribution in [0.5, 0.6) is 0 Å². The Balaban J connectivity index is 2.21. The summed E-state index contributed by atoms with van der Waals surface area (Å²) in [5.41, 5.74) is 0.800. The van der Waals surface area contributed by atoms with Gasteiger partial charge in [0.2, 0.25) is 0 Å². The molecule has 92 valence electrons. The third kappa shape index (κ3) is 2.25. The standard InChI is InChI=1S/C13H16FNO2/c1-9-6-10(14)8-11(7-9)15-13(4-3-5-13)12(16)17-2/h6-8,15H,3-5H2,1-2H3. The highest BCUT2D eigenvalue weighted by Crippen LogP contribution is 2.36. The van der Waals surface area contributed by atoms with Crippen molar-refractivity contribution in [3.05, 3.63) is 29.6 Å². The number of nitrogens with one attached hydrogen (secondary N) is 1. The molecule has 4 heteroatoms. The van der Waals surface area contributed by atoms with Crippen molar-refractivity contribution in [2.45, 2.75) is 31.7 Å². The fourth-order valence-corrected chi connectivity index (χ4v) is 2.19. The van der Waals surface area contributed by atoms with E-state index in [0.717, 1.165) is 24.8 Å². The predicted molar refractivity (Wildman–Crippen MR) is 63.4 cm³/mol. The molecule has 1 aromatic rings. The first-order valence-corrected chi connectivity index (χ1v) is 5.69. The fraction of sp³-hybridized carbons (Fsp3) is 0.462. The first-order chi connectivity index (χ1) is 8.05. The van der Waals surface area contributed by atoms with Crippen LogP contribution in [0.2, 0.25) is 0 Å². The van der Waals surface area contributed by atoms with Crippen LogP contribution in [0, 0.1) is 12.7 Å². The third-order valence-corrected chi connectivity index (χ3v) is 3.21. The van der Waals surface area contributed by atoms with Gasteiger partial charge in [-0.2, -0.15) is 0 Å². The van der Waals surface area contributed by atoms with E-state index < -0.39 is 5.54 Å². The zero-order valence-electron chi connectivity index (χ0n) is 10.0. The van der Waals surface area contributed by atoms with Gasteiger partial charge >= 0.3 is 5.97 Å². The van der Waals surface area contributed by atoms with Crippen molar-refractivity contribution in [2.75, 3.05) is 12.4 Å². The lowest BCUT2D eigenvalue weighted by Gasteiger charge is -2.40. The van der Waals surface area contributed by atoms with Gasteiger partial charge in [-0.15, -0.1) is 0 Å². The quantitative estimate of drug-likeness (QED) is 0.821. The number of aryl methyl sites for hydroxylation is 1. The van der Waals surface area contributed by atoms with E-state index in [1.807, 2.05) is 13.0 Å². The normalized spacial score (nSPS) is 17.1. The summed E-state index contributed by atoms with van der Waals surface area (Å²) in [7, 11) is 1.38. The molecule has 0 aromatic heterocycles. The Morgan fingerprint density at radius 2 is 2.12 bits per heavy atom. The molecule has 1 aliphatic carbocycles. The summed E-state index contributed by atoms with van der Waals surface area (Å²) in [4.78, 5) is 11.7. The van der Waals surface area contributed by atoms with Gasteiger partial charge in [0.05, 0.1) is 7.11 Å². The number of hydrogen-bond acceptors (Lipinski definition) is 3. The average molecular weight is 237 g/mol. The average Bonchev–Trinajstić information content (AvgIpc) is 2.21. The van der Waals surface area contributed by atoms with Crippen molar-refractivity contribution in [3.8, 4) is 0 Å². The molecule has 1 aromatic carbocycles. The van der Waals surface area contributed by atoms with Gasteiger partial charge in [-0.1, -0.05) is 0 Å². The molecule has 1 aliphatic rings. The minimum absolute atomic E-state index is 0.273. The van der Waals surface area contributed by atoms with E-state index in [9.17, 15) is 9.18 Å². The molecule has 0 spiro atoms. The Morgan fingerprint density at radius 3 is 2.59 bits per heavy atom. The molecule has 17 heavy (non-hydrogen) atoms. The Kier molecular flexibility index (Phi) is 3.05. The van der Waals surface area contributed by atoms with Crippen LogP contribution in [0.3, 0.4) is 0 Å². The summed E-state index contributed by atoms with van der Waals surface area (Å²) in [6, 6.07) is 4.68. The fourth-order valence-electron chi connectivity index (χ4n) is 2.19. The Labute approximate surface area is 100.0 Å². The number of carbonyl (C=O) groups excluding carboxylic acids is 1. The second kappa shape index (κ2) is 4.35. The summed E-state index contributed by atoms with van der Waals surface area (Å²) < 4.78 is 18.0. The number of benzene rings is 1. The van der Waals surface area contributed by atoms with Crippen LogP contribution in [0.4, 0.5) is 10.1 Å². The molecule has 0 aliphatic heterocycles. The minimum Gasteiger partial charge on any atom is -0.467 e. The monoisotopic (exact) mass is 237 g/mol. The van der Waals surface area contributed by atoms with Crippen molar-refractivity contribution < 1.29 is 13.9 Å². The Morgan fingerprint density at radius 1 is 1.41 bits per heavy atom. The van der Waals surface area contributed by atoms with Crippen LogP contribution < -0.4 is 5.32 Å². The molecular weight excluding hydrogens is 221 g/mol. The van der Waals surface area contributed by atoms with Crippen LogP contribution in [0.15, 0.2) is 18.2 Å². The minimum atomic E-state index is -0.658. The van der Waals surface area contributed by atoms with Crippen LogP contribution in [-0.2, 0) is 9.53 Å². The molecule has 0 radical (unpaired) electrons. The highest BCUT2D eigenvalue weighted by molar-refractivity contribution is 5.85. The second-order valence-corrected chi connectivity index (χ2v) is 4.57. The first-order valence-electron chi connectivity index (χ1n) is 5.69. The molecule has 0 unspecified atom stereocenters. The molecule has 0 saturated heterocycles. The van der Waals surface area contributed by atoms with Crippen LogP contribution in [-0.4, -0.2) is 18.6 Å². The molecule has 2 rings (SSSR count).